The van der Waals surface area contributed by atoms with E-state index in [1.165, 1.54) is 36.3 Å². The Kier molecular flexibility index (Phi) is 4.54. The molecular formula is C16H28N2S. The van der Waals surface area contributed by atoms with Gasteiger partial charge < -0.3 is 5.32 Å². The fourth-order valence-corrected chi connectivity index (χ4v) is 3.79. The van der Waals surface area contributed by atoms with Crippen LogP contribution in [-0.4, -0.2) is 11.5 Å². The normalized spacial score (nSPS) is 19.6. The molecule has 3 heteroatoms. The average molecular weight is 280 g/mol. The molecule has 1 unspecified atom stereocenters. The van der Waals surface area contributed by atoms with Gasteiger partial charge >= 0.3 is 0 Å². The van der Waals surface area contributed by atoms with Crippen molar-refractivity contribution in [2.24, 2.45) is 17.3 Å². The van der Waals surface area contributed by atoms with Gasteiger partial charge in [-0.2, -0.15) is 0 Å². The van der Waals surface area contributed by atoms with Gasteiger partial charge in [0, 0.05) is 11.4 Å². The Morgan fingerprint density at radius 1 is 1.42 bits per heavy atom. The van der Waals surface area contributed by atoms with Crippen LogP contribution in [0.3, 0.4) is 0 Å². The lowest BCUT2D eigenvalue weighted by Crippen LogP contribution is -2.28. The number of hydrogen-bond donors (Lipinski definition) is 1. The summed E-state index contributed by atoms with van der Waals surface area (Å²) in [5.41, 5.74) is 1.83. The summed E-state index contributed by atoms with van der Waals surface area (Å²) in [7, 11) is 0. The number of nitrogens with one attached hydrogen (secondary N) is 1. The Balaban J connectivity index is 2.05. The van der Waals surface area contributed by atoms with Crippen molar-refractivity contribution in [2.45, 2.75) is 60.3 Å². The van der Waals surface area contributed by atoms with Crippen LogP contribution in [0.1, 0.15) is 58.0 Å². The number of fused-ring (bicyclic) bond motifs is 1. The van der Waals surface area contributed by atoms with Gasteiger partial charge in [-0.3, -0.25) is 0 Å². The summed E-state index contributed by atoms with van der Waals surface area (Å²) < 4.78 is 0. The van der Waals surface area contributed by atoms with Crippen LogP contribution >= 0.6 is 11.3 Å². The highest BCUT2D eigenvalue weighted by Crippen LogP contribution is 2.41. The quantitative estimate of drug-likeness (QED) is 0.841. The van der Waals surface area contributed by atoms with Gasteiger partial charge in [-0.05, 0) is 36.5 Å². The van der Waals surface area contributed by atoms with E-state index >= 15 is 0 Å². The first-order chi connectivity index (χ1) is 8.92. The van der Waals surface area contributed by atoms with Crippen LogP contribution in [0.25, 0.3) is 0 Å². The highest BCUT2D eigenvalue weighted by Gasteiger charge is 2.32. The molecule has 2 rings (SSSR count). The molecule has 1 atom stereocenters. The molecule has 1 aromatic rings. The van der Waals surface area contributed by atoms with Crippen molar-refractivity contribution in [2.75, 3.05) is 11.9 Å². The highest BCUT2D eigenvalue weighted by molar-refractivity contribution is 7.15. The van der Waals surface area contributed by atoms with Gasteiger partial charge in [0.05, 0.1) is 5.69 Å². The lowest BCUT2D eigenvalue weighted by atomic mass is 9.70. The van der Waals surface area contributed by atoms with Gasteiger partial charge in [-0.15, -0.1) is 11.3 Å². The van der Waals surface area contributed by atoms with E-state index < -0.39 is 0 Å². The molecule has 1 heterocycles. The summed E-state index contributed by atoms with van der Waals surface area (Å²) in [6.45, 7) is 12.7. The van der Waals surface area contributed by atoms with E-state index in [1.54, 1.807) is 0 Å². The molecule has 1 aromatic heterocycles. The van der Waals surface area contributed by atoms with E-state index in [9.17, 15) is 0 Å². The minimum atomic E-state index is 0.465. The van der Waals surface area contributed by atoms with E-state index in [2.05, 4.69) is 39.9 Å². The van der Waals surface area contributed by atoms with Crippen LogP contribution in [-0.2, 0) is 12.8 Å². The predicted molar refractivity (Wildman–Crippen MR) is 85.0 cm³/mol. The number of rotatable bonds is 5. The molecule has 0 aliphatic heterocycles. The summed E-state index contributed by atoms with van der Waals surface area (Å²) in [5.74, 6) is 1.50. The summed E-state index contributed by atoms with van der Waals surface area (Å²) in [6.07, 6.45) is 4.98. The molecule has 1 aliphatic rings. The second-order valence-corrected chi connectivity index (χ2v) is 8.03. The Bertz CT molecular complexity index is 420. The second-order valence-electron chi connectivity index (χ2n) is 6.95. The molecule has 0 saturated carbocycles. The van der Waals surface area contributed by atoms with Crippen LogP contribution in [0.4, 0.5) is 5.13 Å². The Morgan fingerprint density at radius 2 is 2.16 bits per heavy atom. The van der Waals surface area contributed by atoms with Gasteiger partial charge in [0.1, 0.15) is 0 Å². The van der Waals surface area contributed by atoms with Crippen molar-refractivity contribution < 1.29 is 0 Å². The predicted octanol–water partition coefficient (Wildman–Crippen LogP) is 4.75. The monoisotopic (exact) mass is 280 g/mol. The third-order valence-corrected chi connectivity index (χ3v) is 5.70. The molecule has 1 aliphatic carbocycles. The molecule has 19 heavy (non-hydrogen) atoms. The Morgan fingerprint density at radius 3 is 2.79 bits per heavy atom. The highest BCUT2D eigenvalue weighted by atomic mass is 32.1. The maximum atomic E-state index is 4.77. The summed E-state index contributed by atoms with van der Waals surface area (Å²) in [4.78, 5) is 6.30. The number of aromatic nitrogens is 1. The van der Waals surface area contributed by atoms with Crippen LogP contribution in [0.2, 0.25) is 0 Å². The number of thiazole rings is 1. The number of nitrogens with zero attached hydrogens (tertiary/aromatic N) is 1. The number of anilines is 1. The number of aryl methyl sites for hydroxylation is 1. The van der Waals surface area contributed by atoms with Crippen molar-refractivity contribution in [1.29, 1.82) is 0 Å². The first-order valence-corrected chi connectivity index (χ1v) is 8.46. The lowest BCUT2D eigenvalue weighted by molar-refractivity contribution is 0.183. The van der Waals surface area contributed by atoms with Gasteiger partial charge in [0.2, 0.25) is 0 Å². The third kappa shape index (κ3) is 3.50. The molecule has 0 bridgehead atoms. The molecule has 0 spiro atoms. The van der Waals surface area contributed by atoms with Gasteiger partial charge in [0.25, 0.3) is 0 Å². The van der Waals surface area contributed by atoms with Crippen molar-refractivity contribution in [3.63, 3.8) is 0 Å². The molecule has 0 fully saturated rings. The molecule has 0 saturated heterocycles. The van der Waals surface area contributed by atoms with E-state index in [4.69, 9.17) is 4.98 Å². The van der Waals surface area contributed by atoms with E-state index in [0.717, 1.165) is 17.6 Å². The first kappa shape index (κ1) is 14.8. The molecule has 0 aromatic carbocycles. The molecule has 2 nitrogen and oxygen atoms in total. The molecule has 108 valence electrons. The SMILES string of the molecule is CCC(C)(C)C1CCc2nc(NCC(C)C)sc2C1. The first-order valence-electron chi connectivity index (χ1n) is 7.64. The van der Waals surface area contributed by atoms with E-state index in [-0.39, 0.29) is 0 Å². The summed E-state index contributed by atoms with van der Waals surface area (Å²) in [5, 5.41) is 4.61. The molecule has 0 radical (unpaired) electrons. The molecule has 0 amide bonds. The maximum Gasteiger partial charge on any atom is 0.183 e. The third-order valence-electron chi connectivity index (χ3n) is 4.62. The number of hydrogen-bond acceptors (Lipinski definition) is 3. The van der Waals surface area contributed by atoms with Crippen LogP contribution in [0.5, 0.6) is 0 Å². The fourth-order valence-electron chi connectivity index (χ4n) is 2.70. The van der Waals surface area contributed by atoms with E-state index in [0.29, 0.717) is 11.3 Å². The van der Waals surface area contributed by atoms with Crippen molar-refractivity contribution in [3.05, 3.63) is 10.6 Å². The Labute approximate surface area is 122 Å². The van der Waals surface area contributed by atoms with Gasteiger partial charge in [-0.1, -0.05) is 41.0 Å². The topological polar surface area (TPSA) is 24.9 Å². The van der Waals surface area contributed by atoms with Crippen LogP contribution in [0, 0.1) is 17.3 Å². The Hall–Kier alpha value is -0.570. The van der Waals surface area contributed by atoms with Crippen molar-refractivity contribution >= 4 is 16.5 Å². The zero-order valence-corrected chi connectivity index (χ0v) is 13.9. The molecule has 1 N–H and O–H groups in total. The second kappa shape index (κ2) is 5.82. The minimum absolute atomic E-state index is 0.465. The summed E-state index contributed by atoms with van der Waals surface area (Å²) in [6, 6.07) is 0. The average Bonchev–Trinajstić information content (AvgIpc) is 2.78. The van der Waals surface area contributed by atoms with Gasteiger partial charge in [0.15, 0.2) is 5.13 Å². The largest absolute Gasteiger partial charge is 0.361 e. The van der Waals surface area contributed by atoms with E-state index in [1.807, 2.05) is 11.3 Å². The maximum absolute atomic E-state index is 4.77. The lowest BCUT2D eigenvalue weighted by Gasteiger charge is -2.35. The van der Waals surface area contributed by atoms with Crippen molar-refractivity contribution in [1.82, 2.24) is 4.98 Å². The van der Waals surface area contributed by atoms with Crippen molar-refractivity contribution in [3.8, 4) is 0 Å². The molecular weight excluding hydrogens is 252 g/mol. The summed E-state index contributed by atoms with van der Waals surface area (Å²) >= 11 is 1.89. The zero-order chi connectivity index (χ0) is 14.0. The van der Waals surface area contributed by atoms with Crippen LogP contribution < -0.4 is 5.32 Å². The fraction of sp³-hybridized carbons (Fsp3) is 0.812. The smallest absolute Gasteiger partial charge is 0.183 e. The standard InChI is InChI=1S/C16H28N2S/c1-6-16(4,5)12-7-8-13-14(9-12)19-15(18-13)17-10-11(2)3/h11-12H,6-10H2,1-5H3,(H,17,18). The zero-order valence-electron chi connectivity index (χ0n) is 13.0. The minimum Gasteiger partial charge on any atom is -0.361 e. The van der Waals surface area contributed by atoms with Crippen LogP contribution in [0.15, 0.2) is 0 Å². The van der Waals surface area contributed by atoms with Gasteiger partial charge in [-0.25, -0.2) is 4.98 Å².